The maximum Gasteiger partial charge on any atom is 0.255 e. The molecule has 0 spiro atoms. The number of ether oxygens (including phenoxy) is 1. The van der Waals surface area contributed by atoms with Gasteiger partial charge in [0.15, 0.2) is 0 Å². The lowest BCUT2D eigenvalue weighted by Crippen LogP contribution is -2.58. The summed E-state index contributed by atoms with van der Waals surface area (Å²) < 4.78 is 5.39. The van der Waals surface area contributed by atoms with E-state index in [9.17, 15) is 14.4 Å². The van der Waals surface area contributed by atoms with E-state index in [0.717, 1.165) is 17.7 Å². The molecule has 0 aliphatic carbocycles. The number of fused-ring (bicyclic) bond motifs is 1. The maximum absolute atomic E-state index is 12.5. The van der Waals surface area contributed by atoms with E-state index in [0.29, 0.717) is 12.2 Å². The summed E-state index contributed by atoms with van der Waals surface area (Å²) in [5.74, 6) is -0.414. The molecule has 6 nitrogen and oxygen atoms in total. The van der Waals surface area contributed by atoms with Gasteiger partial charge in [0.25, 0.3) is 5.91 Å². The number of carbonyl (C=O) groups is 3. The highest BCUT2D eigenvalue weighted by atomic mass is 16.5. The highest BCUT2D eigenvalue weighted by Crippen LogP contribution is 2.26. The van der Waals surface area contributed by atoms with Gasteiger partial charge in [0, 0.05) is 12.0 Å². The van der Waals surface area contributed by atoms with Crippen LogP contribution in [-0.2, 0) is 16.0 Å². The fraction of sp³-hybridized carbons (Fsp3) is 0.357. The molecule has 2 aliphatic heterocycles. The highest BCUT2D eigenvalue weighted by Gasteiger charge is 2.34. The van der Waals surface area contributed by atoms with Crippen LogP contribution in [0.2, 0.25) is 0 Å². The Labute approximate surface area is 115 Å². The molecule has 104 valence electrons. The Balaban J connectivity index is 1.88. The van der Waals surface area contributed by atoms with Crippen molar-refractivity contribution in [1.82, 2.24) is 10.2 Å². The molecule has 1 saturated heterocycles. The van der Waals surface area contributed by atoms with Crippen molar-refractivity contribution in [2.75, 3.05) is 13.2 Å². The van der Waals surface area contributed by atoms with E-state index in [2.05, 4.69) is 5.32 Å². The number of piperazine rings is 1. The zero-order valence-corrected chi connectivity index (χ0v) is 11.0. The SMILES string of the molecule is CC1C(=O)NC(=O)CN1C(=O)c1ccc2c(c1)CCO2. The van der Waals surface area contributed by atoms with E-state index in [-0.39, 0.29) is 12.5 Å². The molecular formula is C14H14N2O4. The topological polar surface area (TPSA) is 75.7 Å². The molecule has 0 aromatic heterocycles. The van der Waals surface area contributed by atoms with Crippen LogP contribution in [-0.4, -0.2) is 41.8 Å². The Morgan fingerprint density at radius 3 is 3.00 bits per heavy atom. The van der Waals surface area contributed by atoms with Crippen molar-refractivity contribution in [3.63, 3.8) is 0 Å². The molecule has 1 aromatic carbocycles. The van der Waals surface area contributed by atoms with Crippen LogP contribution in [0.25, 0.3) is 0 Å². The van der Waals surface area contributed by atoms with Crippen molar-refractivity contribution in [3.05, 3.63) is 29.3 Å². The number of amides is 3. The number of hydrogen-bond donors (Lipinski definition) is 1. The molecule has 2 aliphatic rings. The van der Waals surface area contributed by atoms with Crippen LogP contribution < -0.4 is 10.1 Å². The lowest BCUT2D eigenvalue weighted by Gasteiger charge is -2.31. The average molecular weight is 274 g/mol. The third-order valence-corrected chi connectivity index (χ3v) is 3.62. The van der Waals surface area contributed by atoms with E-state index in [1.807, 2.05) is 0 Å². The minimum atomic E-state index is -0.648. The normalized spacial score (nSPS) is 21.2. The number of rotatable bonds is 1. The van der Waals surface area contributed by atoms with Gasteiger partial charge in [0.2, 0.25) is 11.8 Å². The van der Waals surface area contributed by atoms with Crippen molar-refractivity contribution in [2.45, 2.75) is 19.4 Å². The van der Waals surface area contributed by atoms with Crippen LogP contribution in [0, 0.1) is 0 Å². The predicted molar refractivity (Wildman–Crippen MR) is 69.3 cm³/mol. The summed E-state index contributed by atoms with van der Waals surface area (Å²) in [7, 11) is 0. The molecule has 1 unspecified atom stereocenters. The molecule has 0 saturated carbocycles. The minimum Gasteiger partial charge on any atom is -0.493 e. The zero-order valence-electron chi connectivity index (χ0n) is 11.0. The first kappa shape index (κ1) is 12.7. The molecule has 3 amide bonds. The number of benzene rings is 1. The van der Waals surface area contributed by atoms with Crippen LogP contribution in [0.15, 0.2) is 18.2 Å². The van der Waals surface area contributed by atoms with E-state index >= 15 is 0 Å². The van der Waals surface area contributed by atoms with E-state index in [1.54, 1.807) is 25.1 Å². The summed E-state index contributed by atoms with van der Waals surface area (Å²) in [6.07, 6.45) is 0.769. The molecule has 6 heteroatoms. The van der Waals surface area contributed by atoms with E-state index in [4.69, 9.17) is 4.74 Å². The second-order valence-electron chi connectivity index (χ2n) is 4.94. The van der Waals surface area contributed by atoms with Gasteiger partial charge in [0.05, 0.1) is 6.61 Å². The Morgan fingerprint density at radius 2 is 2.20 bits per heavy atom. The fourth-order valence-corrected chi connectivity index (χ4v) is 2.45. The standard InChI is InChI=1S/C14H14N2O4/c1-8-13(18)15-12(17)7-16(8)14(19)10-2-3-11-9(6-10)4-5-20-11/h2-3,6,8H,4-5,7H2,1H3,(H,15,17,18). The van der Waals surface area contributed by atoms with Gasteiger partial charge in [-0.15, -0.1) is 0 Å². The lowest BCUT2D eigenvalue weighted by atomic mass is 10.1. The van der Waals surface area contributed by atoms with Crippen molar-refractivity contribution >= 4 is 17.7 Å². The van der Waals surface area contributed by atoms with Gasteiger partial charge in [0.1, 0.15) is 18.3 Å². The van der Waals surface area contributed by atoms with Gasteiger partial charge in [-0.25, -0.2) is 0 Å². The summed E-state index contributed by atoms with van der Waals surface area (Å²) in [4.78, 5) is 36.7. The lowest BCUT2D eigenvalue weighted by molar-refractivity contribution is -0.138. The van der Waals surface area contributed by atoms with E-state index in [1.165, 1.54) is 4.90 Å². The van der Waals surface area contributed by atoms with Crippen LogP contribution in [0.5, 0.6) is 5.75 Å². The Hall–Kier alpha value is -2.37. The second-order valence-corrected chi connectivity index (χ2v) is 4.94. The highest BCUT2D eigenvalue weighted by molar-refractivity contribution is 6.07. The molecule has 0 radical (unpaired) electrons. The molecule has 1 aromatic rings. The van der Waals surface area contributed by atoms with Crippen LogP contribution in [0.3, 0.4) is 0 Å². The van der Waals surface area contributed by atoms with Crippen molar-refractivity contribution < 1.29 is 19.1 Å². The molecular weight excluding hydrogens is 260 g/mol. The summed E-state index contributed by atoms with van der Waals surface area (Å²) >= 11 is 0. The van der Waals surface area contributed by atoms with Crippen molar-refractivity contribution in [3.8, 4) is 5.75 Å². The molecule has 2 heterocycles. The van der Waals surface area contributed by atoms with Crippen molar-refractivity contribution in [2.24, 2.45) is 0 Å². The second kappa shape index (κ2) is 4.63. The molecule has 1 N–H and O–H groups in total. The van der Waals surface area contributed by atoms with E-state index < -0.39 is 17.9 Å². The number of imide groups is 1. The van der Waals surface area contributed by atoms with Crippen LogP contribution >= 0.6 is 0 Å². The molecule has 1 fully saturated rings. The number of nitrogens with zero attached hydrogens (tertiary/aromatic N) is 1. The third-order valence-electron chi connectivity index (χ3n) is 3.62. The van der Waals surface area contributed by atoms with Crippen LogP contribution in [0.1, 0.15) is 22.8 Å². The third kappa shape index (κ3) is 2.03. The van der Waals surface area contributed by atoms with Crippen molar-refractivity contribution in [1.29, 1.82) is 0 Å². The van der Waals surface area contributed by atoms with Gasteiger partial charge in [-0.3, -0.25) is 19.7 Å². The number of carbonyl (C=O) groups excluding carboxylic acids is 3. The molecule has 0 bridgehead atoms. The first-order chi connectivity index (χ1) is 9.56. The molecule has 20 heavy (non-hydrogen) atoms. The summed E-state index contributed by atoms with van der Waals surface area (Å²) in [5.41, 5.74) is 1.46. The maximum atomic E-state index is 12.5. The fourth-order valence-electron chi connectivity index (χ4n) is 2.45. The predicted octanol–water partition coefficient (Wildman–Crippen LogP) is 0.109. The van der Waals surface area contributed by atoms with Gasteiger partial charge in [-0.05, 0) is 30.7 Å². The zero-order chi connectivity index (χ0) is 14.3. The summed E-state index contributed by atoms with van der Waals surface area (Å²) in [6.45, 7) is 2.13. The Morgan fingerprint density at radius 1 is 1.40 bits per heavy atom. The summed E-state index contributed by atoms with van der Waals surface area (Å²) in [6, 6.07) is 4.54. The number of nitrogens with one attached hydrogen (secondary N) is 1. The molecule has 3 rings (SSSR count). The quantitative estimate of drug-likeness (QED) is 0.737. The smallest absolute Gasteiger partial charge is 0.255 e. The van der Waals surface area contributed by atoms with Crippen LogP contribution in [0.4, 0.5) is 0 Å². The van der Waals surface area contributed by atoms with Gasteiger partial charge in [-0.1, -0.05) is 0 Å². The molecule has 1 atom stereocenters. The monoisotopic (exact) mass is 274 g/mol. The Kier molecular flexibility index (Phi) is 2.93. The average Bonchev–Trinajstić information content (AvgIpc) is 2.89. The van der Waals surface area contributed by atoms with Gasteiger partial charge < -0.3 is 9.64 Å². The largest absolute Gasteiger partial charge is 0.493 e. The summed E-state index contributed by atoms with van der Waals surface area (Å²) in [5, 5.41) is 2.22. The van der Waals surface area contributed by atoms with Gasteiger partial charge >= 0.3 is 0 Å². The Bertz CT molecular complexity index is 611. The first-order valence-corrected chi connectivity index (χ1v) is 6.46. The minimum absolute atomic E-state index is 0.0979. The number of hydrogen-bond acceptors (Lipinski definition) is 4. The first-order valence-electron chi connectivity index (χ1n) is 6.46. The van der Waals surface area contributed by atoms with Gasteiger partial charge in [-0.2, -0.15) is 0 Å².